The van der Waals surface area contributed by atoms with Crippen molar-refractivity contribution in [3.05, 3.63) is 23.4 Å². The van der Waals surface area contributed by atoms with Crippen molar-refractivity contribution in [3.63, 3.8) is 0 Å². The SMILES string of the molecule is CC(C)N(CCN)c1ccc2c(n1)COCC2. The van der Waals surface area contributed by atoms with Gasteiger partial charge in [0.1, 0.15) is 5.82 Å². The number of anilines is 1. The second-order valence-electron chi connectivity index (χ2n) is 4.65. The molecule has 1 aromatic heterocycles. The van der Waals surface area contributed by atoms with E-state index >= 15 is 0 Å². The summed E-state index contributed by atoms with van der Waals surface area (Å²) in [5.41, 5.74) is 8.04. The van der Waals surface area contributed by atoms with Crippen molar-refractivity contribution in [2.24, 2.45) is 5.73 Å². The maximum Gasteiger partial charge on any atom is 0.129 e. The summed E-state index contributed by atoms with van der Waals surface area (Å²) >= 11 is 0. The molecule has 2 rings (SSSR count). The predicted octanol–water partition coefficient (Wildman–Crippen LogP) is 1.33. The molecule has 94 valence electrons. The van der Waals surface area contributed by atoms with Gasteiger partial charge in [-0.3, -0.25) is 0 Å². The summed E-state index contributed by atoms with van der Waals surface area (Å²) in [7, 11) is 0. The molecule has 0 aliphatic carbocycles. The second-order valence-corrected chi connectivity index (χ2v) is 4.65. The summed E-state index contributed by atoms with van der Waals surface area (Å²) < 4.78 is 5.45. The third-order valence-corrected chi connectivity index (χ3v) is 3.10. The number of nitrogens with zero attached hydrogens (tertiary/aromatic N) is 2. The van der Waals surface area contributed by atoms with Crippen LogP contribution in [0.5, 0.6) is 0 Å². The van der Waals surface area contributed by atoms with E-state index in [2.05, 4.69) is 30.9 Å². The maximum absolute atomic E-state index is 5.65. The zero-order valence-electron chi connectivity index (χ0n) is 10.6. The van der Waals surface area contributed by atoms with Crippen molar-refractivity contribution in [2.45, 2.75) is 32.9 Å². The lowest BCUT2D eigenvalue weighted by atomic mass is 10.1. The lowest BCUT2D eigenvalue weighted by molar-refractivity contribution is 0.107. The Labute approximate surface area is 103 Å². The summed E-state index contributed by atoms with van der Waals surface area (Å²) in [5.74, 6) is 1.01. The minimum atomic E-state index is 0.411. The van der Waals surface area contributed by atoms with Gasteiger partial charge < -0.3 is 15.4 Å². The van der Waals surface area contributed by atoms with Gasteiger partial charge in [-0.2, -0.15) is 0 Å². The van der Waals surface area contributed by atoms with E-state index in [0.717, 1.165) is 31.1 Å². The van der Waals surface area contributed by atoms with E-state index in [1.54, 1.807) is 0 Å². The maximum atomic E-state index is 5.65. The molecule has 0 bridgehead atoms. The van der Waals surface area contributed by atoms with Crippen molar-refractivity contribution in [1.82, 2.24) is 4.98 Å². The molecule has 0 fully saturated rings. The van der Waals surface area contributed by atoms with Crippen LogP contribution in [0.4, 0.5) is 5.82 Å². The summed E-state index contributed by atoms with van der Waals surface area (Å²) in [6.45, 7) is 7.25. The van der Waals surface area contributed by atoms with E-state index < -0.39 is 0 Å². The molecule has 0 saturated heterocycles. The van der Waals surface area contributed by atoms with Gasteiger partial charge in [0.05, 0.1) is 18.9 Å². The zero-order chi connectivity index (χ0) is 12.3. The minimum Gasteiger partial charge on any atom is -0.375 e. The standard InChI is InChI=1S/C13H21N3O/c1-10(2)16(7-6-14)13-4-3-11-5-8-17-9-12(11)15-13/h3-4,10H,5-9,14H2,1-2H3. The number of pyridine rings is 1. The molecule has 0 spiro atoms. The first-order valence-corrected chi connectivity index (χ1v) is 6.25. The fraction of sp³-hybridized carbons (Fsp3) is 0.615. The van der Waals surface area contributed by atoms with Gasteiger partial charge in [0.15, 0.2) is 0 Å². The highest BCUT2D eigenvalue weighted by Gasteiger charge is 2.15. The highest BCUT2D eigenvalue weighted by molar-refractivity contribution is 5.43. The van der Waals surface area contributed by atoms with Crippen LogP contribution in [-0.2, 0) is 17.8 Å². The Morgan fingerprint density at radius 1 is 1.47 bits per heavy atom. The Bertz CT molecular complexity index is 379. The molecule has 2 N–H and O–H groups in total. The number of hydrogen-bond donors (Lipinski definition) is 1. The summed E-state index contributed by atoms with van der Waals surface area (Å²) in [4.78, 5) is 6.93. The lowest BCUT2D eigenvalue weighted by Gasteiger charge is -2.28. The molecule has 0 amide bonds. The van der Waals surface area contributed by atoms with Crippen molar-refractivity contribution in [2.75, 3.05) is 24.6 Å². The van der Waals surface area contributed by atoms with Crippen LogP contribution in [0.15, 0.2) is 12.1 Å². The molecule has 1 aliphatic rings. The third-order valence-electron chi connectivity index (χ3n) is 3.10. The molecular weight excluding hydrogens is 214 g/mol. The van der Waals surface area contributed by atoms with Gasteiger partial charge in [0.25, 0.3) is 0 Å². The van der Waals surface area contributed by atoms with Crippen LogP contribution in [0, 0.1) is 0 Å². The smallest absolute Gasteiger partial charge is 0.129 e. The fourth-order valence-corrected chi connectivity index (χ4v) is 2.16. The number of ether oxygens (including phenoxy) is 1. The number of nitrogens with two attached hydrogens (primary N) is 1. The molecule has 0 aromatic carbocycles. The van der Waals surface area contributed by atoms with Crippen LogP contribution in [0.3, 0.4) is 0 Å². The van der Waals surface area contributed by atoms with Crippen molar-refractivity contribution >= 4 is 5.82 Å². The van der Waals surface area contributed by atoms with E-state index in [1.807, 2.05) is 0 Å². The Kier molecular flexibility index (Phi) is 3.97. The molecule has 4 heteroatoms. The normalized spacial score (nSPS) is 14.8. The van der Waals surface area contributed by atoms with Gasteiger partial charge in [-0.15, -0.1) is 0 Å². The molecular formula is C13H21N3O. The number of rotatable bonds is 4. The Morgan fingerprint density at radius 2 is 2.29 bits per heavy atom. The second kappa shape index (κ2) is 5.47. The monoisotopic (exact) mass is 235 g/mol. The molecule has 4 nitrogen and oxygen atoms in total. The Morgan fingerprint density at radius 3 is 3.00 bits per heavy atom. The van der Waals surface area contributed by atoms with Crippen molar-refractivity contribution in [1.29, 1.82) is 0 Å². The van der Waals surface area contributed by atoms with Crippen LogP contribution in [0.1, 0.15) is 25.1 Å². The zero-order valence-corrected chi connectivity index (χ0v) is 10.6. The summed E-state index contributed by atoms with van der Waals surface area (Å²) in [5, 5.41) is 0. The van der Waals surface area contributed by atoms with Crippen LogP contribution in [-0.4, -0.2) is 30.7 Å². The number of hydrogen-bond acceptors (Lipinski definition) is 4. The Hall–Kier alpha value is -1.13. The van der Waals surface area contributed by atoms with Crippen LogP contribution >= 0.6 is 0 Å². The van der Waals surface area contributed by atoms with Crippen LogP contribution < -0.4 is 10.6 Å². The van der Waals surface area contributed by atoms with Gasteiger partial charge in [-0.05, 0) is 31.9 Å². The fourth-order valence-electron chi connectivity index (χ4n) is 2.16. The van der Waals surface area contributed by atoms with E-state index in [4.69, 9.17) is 15.5 Å². The van der Waals surface area contributed by atoms with Gasteiger partial charge in [0.2, 0.25) is 0 Å². The molecule has 0 radical (unpaired) electrons. The largest absolute Gasteiger partial charge is 0.375 e. The summed E-state index contributed by atoms with van der Waals surface area (Å²) in [6, 6.07) is 4.68. The third kappa shape index (κ3) is 2.76. The predicted molar refractivity (Wildman–Crippen MR) is 69.1 cm³/mol. The summed E-state index contributed by atoms with van der Waals surface area (Å²) in [6.07, 6.45) is 0.973. The van der Waals surface area contributed by atoms with Gasteiger partial charge >= 0.3 is 0 Å². The highest BCUT2D eigenvalue weighted by atomic mass is 16.5. The van der Waals surface area contributed by atoms with Crippen LogP contribution in [0.25, 0.3) is 0 Å². The average molecular weight is 235 g/mol. The van der Waals surface area contributed by atoms with E-state index in [-0.39, 0.29) is 0 Å². The number of fused-ring (bicyclic) bond motifs is 1. The Balaban J connectivity index is 2.25. The van der Waals surface area contributed by atoms with Crippen LogP contribution in [0.2, 0.25) is 0 Å². The highest BCUT2D eigenvalue weighted by Crippen LogP contribution is 2.20. The van der Waals surface area contributed by atoms with E-state index in [9.17, 15) is 0 Å². The number of aromatic nitrogens is 1. The topological polar surface area (TPSA) is 51.4 Å². The quantitative estimate of drug-likeness (QED) is 0.855. The molecule has 0 unspecified atom stereocenters. The first-order chi connectivity index (χ1) is 8.22. The average Bonchev–Trinajstić information content (AvgIpc) is 2.35. The molecule has 1 aliphatic heterocycles. The lowest BCUT2D eigenvalue weighted by Crippen LogP contribution is -2.36. The first-order valence-electron chi connectivity index (χ1n) is 6.25. The molecule has 0 atom stereocenters. The minimum absolute atomic E-state index is 0.411. The first kappa shape index (κ1) is 12.3. The van der Waals surface area contributed by atoms with Gasteiger partial charge in [0, 0.05) is 19.1 Å². The van der Waals surface area contributed by atoms with Gasteiger partial charge in [-0.1, -0.05) is 6.07 Å². The molecule has 1 aromatic rings. The van der Waals surface area contributed by atoms with Crippen molar-refractivity contribution < 1.29 is 4.74 Å². The van der Waals surface area contributed by atoms with E-state index in [0.29, 0.717) is 19.2 Å². The molecule has 2 heterocycles. The molecule has 0 saturated carbocycles. The van der Waals surface area contributed by atoms with E-state index in [1.165, 1.54) is 5.56 Å². The molecule has 17 heavy (non-hydrogen) atoms. The van der Waals surface area contributed by atoms with Gasteiger partial charge in [-0.25, -0.2) is 4.98 Å². The van der Waals surface area contributed by atoms with Crippen molar-refractivity contribution in [3.8, 4) is 0 Å².